The van der Waals surface area contributed by atoms with E-state index in [0.29, 0.717) is 25.7 Å². The number of benzene rings is 1. The predicted molar refractivity (Wildman–Crippen MR) is 101 cm³/mol. The number of hydrogen-bond acceptors (Lipinski definition) is 3. The minimum atomic E-state index is -0.219. The molecule has 1 heterocycles. The maximum Gasteiger partial charge on any atom is 0.409 e. The third-order valence-electron chi connectivity index (χ3n) is 4.23. The van der Waals surface area contributed by atoms with Crippen LogP contribution in [-0.4, -0.2) is 56.3 Å². The van der Waals surface area contributed by atoms with Gasteiger partial charge < -0.3 is 20.3 Å². The molecule has 0 saturated carbocycles. The van der Waals surface area contributed by atoms with Gasteiger partial charge in [-0.25, -0.2) is 4.79 Å². The van der Waals surface area contributed by atoms with Crippen LogP contribution in [-0.2, 0) is 11.2 Å². The molecule has 1 saturated heterocycles. The van der Waals surface area contributed by atoms with Crippen LogP contribution in [0.25, 0.3) is 0 Å². The van der Waals surface area contributed by atoms with Crippen molar-refractivity contribution in [3.63, 3.8) is 0 Å². The molecule has 0 aromatic heterocycles. The van der Waals surface area contributed by atoms with E-state index in [9.17, 15) is 4.79 Å². The Hall–Kier alpha value is -1.95. The van der Waals surface area contributed by atoms with Gasteiger partial charge in [-0.15, -0.1) is 0 Å². The molecule has 25 heavy (non-hydrogen) atoms. The van der Waals surface area contributed by atoms with Gasteiger partial charge in [0.2, 0.25) is 0 Å². The molecule has 0 bridgehead atoms. The van der Waals surface area contributed by atoms with E-state index in [-0.39, 0.29) is 6.09 Å². The minimum absolute atomic E-state index is 0.219. The van der Waals surface area contributed by atoms with Crippen molar-refractivity contribution >= 4 is 23.7 Å². The summed E-state index contributed by atoms with van der Waals surface area (Å²) in [7, 11) is 1.76. The molecule has 2 rings (SSSR count). The lowest BCUT2D eigenvalue weighted by molar-refractivity contribution is 0.0963. The smallest absolute Gasteiger partial charge is 0.409 e. The average Bonchev–Trinajstić information content (AvgIpc) is 2.63. The third-order valence-corrected chi connectivity index (χ3v) is 4.60. The number of aliphatic imine (C=N–C) groups is 1. The molecule has 2 N–H and O–H groups in total. The Morgan fingerprint density at radius 1 is 1.36 bits per heavy atom. The Balaban J connectivity index is 1.72. The summed E-state index contributed by atoms with van der Waals surface area (Å²) in [5, 5.41) is 7.54. The molecule has 0 radical (unpaired) electrons. The molecule has 6 nitrogen and oxygen atoms in total. The van der Waals surface area contributed by atoms with Gasteiger partial charge in [0, 0.05) is 37.7 Å². The number of nitrogens with one attached hydrogen (secondary N) is 2. The first kappa shape index (κ1) is 19.4. The van der Waals surface area contributed by atoms with Gasteiger partial charge in [-0.1, -0.05) is 29.8 Å². The first-order chi connectivity index (χ1) is 12.1. The summed E-state index contributed by atoms with van der Waals surface area (Å²) in [6.45, 7) is 4.40. The maximum absolute atomic E-state index is 11.7. The molecule has 0 spiro atoms. The molecular weight excluding hydrogens is 340 g/mol. The van der Waals surface area contributed by atoms with Crippen molar-refractivity contribution in [3.05, 3.63) is 34.9 Å². The zero-order valence-corrected chi connectivity index (χ0v) is 15.7. The topological polar surface area (TPSA) is 66.0 Å². The normalized spacial score (nSPS) is 15.8. The van der Waals surface area contributed by atoms with E-state index in [4.69, 9.17) is 16.3 Å². The molecule has 1 amide bonds. The Labute approximate surface area is 154 Å². The largest absolute Gasteiger partial charge is 0.450 e. The molecule has 1 aromatic rings. The van der Waals surface area contributed by atoms with Crippen LogP contribution in [0.5, 0.6) is 0 Å². The maximum atomic E-state index is 11.7. The van der Waals surface area contributed by atoms with Crippen LogP contribution in [0.15, 0.2) is 29.3 Å². The zero-order chi connectivity index (χ0) is 18.1. The fourth-order valence-corrected chi connectivity index (χ4v) is 3.06. The van der Waals surface area contributed by atoms with E-state index in [1.807, 2.05) is 31.2 Å². The third kappa shape index (κ3) is 6.12. The van der Waals surface area contributed by atoms with Crippen molar-refractivity contribution in [2.24, 2.45) is 4.99 Å². The number of carbonyl (C=O) groups is 1. The van der Waals surface area contributed by atoms with Gasteiger partial charge in [-0.05, 0) is 37.8 Å². The molecule has 1 aromatic carbocycles. The van der Waals surface area contributed by atoms with Crippen molar-refractivity contribution in [2.45, 2.75) is 32.2 Å². The van der Waals surface area contributed by atoms with Crippen LogP contribution >= 0.6 is 11.6 Å². The molecule has 1 aliphatic rings. The number of ether oxygens (including phenoxy) is 1. The number of halogens is 1. The van der Waals surface area contributed by atoms with Crippen molar-refractivity contribution < 1.29 is 9.53 Å². The first-order valence-corrected chi connectivity index (χ1v) is 9.14. The van der Waals surface area contributed by atoms with Crippen LogP contribution in [0.4, 0.5) is 4.79 Å². The Bertz CT molecular complexity index is 586. The van der Waals surface area contributed by atoms with Crippen LogP contribution in [0.1, 0.15) is 25.3 Å². The molecule has 0 aliphatic carbocycles. The van der Waals surface area contributed by atoms with Gasteiger partial charge in [0.1, 0.15) is 0 Å². The fraction of sp³-hybridized carbons (Fsp3) is 0.556. The number of carbonyl (C=O) groups excluding carboxylic acids is 1. The highest BCUT2D eigenvalue weighted by Gasteiger charge is 2.23. The van der Waals surface area contributed by atoms with E-state index in [2.05, 4.69) is 15.6 Å². The summed E-state index contributed by atoms with van der Waals surface area (Å²) < 4.78 is 5.04. The van der Waals surface area contributed by atoms with Gasteiger partial charge in [-0.3, -0.25) is 4.99 Å². The lowest BCUT2D eigenvalue weighted by Crippen LogP contribution is -2.50. The molecular formula is C18H27ClN4O2. The zero-order valence-electron chi connectivity index (χ0n) is 14.9. The highest BCUT2D eigenvalue weighted by molar-refractivity contribution is 6.31. The molecule has 1 fully saturated rings. The summed E-state index contributed by atoms with van der Waals surface area (Å²) in [4.78, 5) is 17.8. The number of piperidine rings is 1. The fourth-order valence-electron chi connectivity index (χ4n) is 2.83. The number of hydrogen-bond donors (Lipinski definition) is 2. The lowest BCUT2D eigenvalue weighted by atomic mass is 10.1. The summed E-state index contributed by atoms with van der Waals surface area (Å²) in [5.41, 5.74) is 1.12. The number of likely N-dealkylation sites (tertiary alicyclic amines) is 1. The summed E-state index contributed by atoms with van der Waals surface area (Å²) >= 11 is 6.17. The SMILES string of the molecule is CCOC(=O)N1CCC(NC(=NC)NCCc2ccccc2Cl)CC1. The summed E-state index contributed by atoms with van der Waals surface area (Å²) in [5.74, 6) is 0.779. The van der Waals surface area contributed by atoms with Crippen LogP contribution in [0.2, 0.25) is 5.02 Å². The van der Waals surface area contributed by atoms with E-state index in [1.54, 1.807) is 11.9 Å². The standard InChI is InChI=1S/C18H27ClN4O2/c1-3-25-18(24)23-12-9-15(10-13-23)22-17(20-2)21-11-8-14-6-4-5-7-16(14)19/h4-7,15H,3,8-13H2,1-2H3,(H2,20,21,22). The summed E-state index contributed by atoms with van der Waals surface area (Å²) in [6.07, 6.45) is 2.37. The Morgan fingerprint density at radius 2 is 2.08 bits per heavy atom. The second-order valence-corrected chi connectivity index (χ2v) is 6.35. The van der Waals surface area contributed by atoms with Crippen molar-refractivity contribution in [1.29, 1.82) is 0 Å². The molecule has 1 aliphatic heterocycles. The highest BCUT2D eigenvalue weighted by Crippen LogP contribution is 2.15. The van der Waals surface area contributed by atoms with E-state index in [1.165, 1.54) is 0 Å². The number of guanidine groups is 1. The van der Waals surface area contributed by atoms with Crippen molar-refractivity contribution in [2.75, 3.05) is 33.3 Å². The average molecular weight is 367 g/mol. The Morgan fingerprint density at radius 3 is 2.72 bits per heavy atom. The van der Waals surface area contributed by atoms with E-state index in [0.717, 1.165) is 42.4 Å². The Kier molecular flexibility index (Phi) is 7.85. The van der Waals surface area contributed by atoms with Gasteiger partial charge in [-0.2, -0.15) is 0 Å². The predicted octanol–water partition coefficient (Wildman–Crippen LogP) is 2.67. The second kappa shape index (κ2) is 10.1. The van der Waals surface area contributed by atoms with Crippen LogP contribution in [0.3, 0.4) is 0 Å². The first-order valence-electron chi connectivity index (χ1n) is 8.76. The lowest BCUT2D eigenvalue weighted by Gasteiger charge is -2.32. The van der Waals surface area contributed by atoms with Crippen molar-refractivity contribution in [1.82, 2.24) is 15.5 Å². The van der Waals surface area contributed by atoms with Crippen LogP contribution < -0.4 is 10.6 Å². The monoisotopic (exact) mass is 366 g/mol. The van der Waals surface area contributed by atoms with E-state index < -0.39 is 0 Å². The minimum Gasteiger partial charge on any atom is -0.450 e. The van der Waals surface area contributed by atoms with Gasteiger partial charge in [0.15, 0.2) is 5.96 Å². The molecule has 7 heteroatoms. The van der Waals surface area contributed by atoms with Crippen molar-refractivity contribution in [3.8, 4) is 0 Å². The quantitative estimate of drug-likeness (QED) is 0.621. The number of nitrogens with zero attached hydrogens (tertiary/aromatic N) is 2. The number of amides is 1. The molecule has 138 valence electrons. The second-order valence-electron chi connectivity index (χ2n) is 5.94. The van der Waals surface area contributed by atoms with Gasteiger partial charge in [0.05, 0.1) is 6.61 Å². The highest BCUT2D eigenvalue weighted by atomic mass is 35.5. The number of rotatable bonds is 5. The molecule has 0 atom stereocenters. The van der Waals surface area contributed by atoms with Crippen LogP contribution in [0, 0.1) is 0 Å². The van der Waals surface area contributed by atoms with E-state index >= 15 is 0 Å². The summed E-state index contributed by atoms with van der Waals surface area (Å²) in [6, 6.07) is 8.16. The van der Waals surface area contributed by atoms with Gasteiger partial charge in [0.25, 0.3) is 0 Å². The molecule has 0 unspecified atom stereocenters. The van der Waals surface area contributed by atoms with Gasteiger partial charge >= 0.3 is 6.09 Å².